The predicted octanol–water partition coefficient (Wildman–Crippen LogP) is 0.441. The molecule has 0 atom stereocenters. The Balaban J connectivity index is 2.39. The van der Waals surface area contributed by atoms with Gasteiger partial charge in [-0.1, -0.05) is 0 Å². The fourth-order valence-electron chi connectivity index (χ4n) is 1.13. The Bertz CT molecular complexity index is 449. The van der Waals surface area contributed by atoms with E-state index in [1.54, 1.807) is 25.4 Å². The zero-order valence-corrected chi connectivity index (χ0v) is 7.58. The van der Waals surface area contributed by atoms with Crippen LogP contribution in [0.4, 0.5) is 0 Å². The molecule has 0 aliphatic rings. The number of pyridine rings is 1. The SMILES string of the molecule is Cn1ncnc1C(=O)c1cccnc1. The van der Waals surface area contributed by atoms with Gasteiger partial charge < -0.3 is 0 Å². The molecule has 0 aliphatic heterocycles. The average molecular weight is 188 g/mol. The Kier molecular flexibility index (Phi) is 2.06. The van der Waals surface area contributed by atoms with E-state index in [1.807, 2.05) is 0 Å². The van der Waals surface area contributed by atoms with Crippen molar-refractivity contribution in [2.75, 3.05) is 0 Å². The predicted molar refractivity (Wildman–Crippen MR) is 48.7 cm³/mol. The molecule has 0 amide bonds. The Morgan fingerprint density at radius 2 is 2.36 bits per heavy atom. The molecule has 0 fully saturated rings. The second-order valence-electron chi connectivity index (χ2n) is 2.78. The van der Waals surface area contributed by atoms with E-state index in [0.29, 0.717) is 11.4 Å². The molecule has 2 rings (SSSR count). The Labute approximate surface area is 80.4 Å². The van der Waals surface area contributed by atoms with Crippen LogP contribution >= 0.6 is 0 Å². The van der Waals surface area contributed by atoms with Gasteiger partial charge in [-0.2, -0.15) is 5.10 Å². The lowest BCUT2D eigenvalue weighted by atomic mass is 10.2. The van der Waals surface area contributed by atoms with Crippen molar-refractivity contribution in [2.45, 2.75) is 0 Å². The van der Waals surface area contributed by atoms with Gasteiger partial charge in [0.1, 0.15) is 6.33 Å². The maximum absolute atomic E-state index is 11.8. The average Bonchev–Trinajstić information content (AvgIpc) is 2.65. The number of carbonyl (C=O) groups is 1. The number of aryl methyl sites for hydroxylation is 1. The molecule has 0 aliphatic carbocycles. The Hall–Kier alpha value is -2.04. The fraction of sp³-hybridized carbons (Fsp3) is 0.111. The molecule has 5 heteroatoms. The zero-order valence-electron chi connectivity index (χ0n) is 7.58. The first-order valence-corrected chi connectivity index (χ1v) is 4.08. The van der Waals surface area contributed by atoms with Crippen molar-refractivity contribution in [3.63, 3.8) is 0 Å². The van der Waals surface area contributed by atoms with Crippen LogP contribution in [0.2, 0.25) is 0 Å². The molecule has 14 heavy (non-hydrogen) atoms. The van der Waals surface area contributed by atoms with Crippen LogP contribution in [0.15, 0.2) is 30.9 Å². The normalized spacial score (nSPS) is 10.1. The van der Waals surface area contributed by atoms with Crippen LogP contribution in [0.5, 0.6) is 0 Å². The molecule has 0 radical (unpaired) electrons. The monoisotopic (exact) mass is 188 g/mol. The highest BCUT2D eigenvalue weighted by Gasteiger charge is 2.13. The van der Waals surface area contributed by atoms with E-state index in [2.05, 4.69) is 15.1 Å². The van der Waals surface area contributed by atoms with E-state index in [-0.39, 0.29) is 5.78 Å². The molecule has 0 unspecified atom stereocenters. The summed E-state index contributed by atoms with van der Waals surface area (Å²) in [5.41, 5.74) is 0.517. The molecular weight excluding hydrogens is 180 g/mol. The third-order valence-electron chi connectivity index (χ3n) is 1.84. The smallest absolute Gasteiger partial charge is 0.231 e. The topological polar surface area (TPSA) is 60.7 Å². The summed E-state index contributed by atoms with van der Waals surface area (Å²) in [4.78, 5) is 19.5. The number of ketones is 1. The van der Waals surface area contributed by atoms with Crippen LogP contribution in [0.25, 0.3) is 0 Å². The highest BCUT2D eigenvalue weighted by atomic mass is 16.1. The molecule has 5 nitrogen and oxygen atoms in total. The molecule has 0 aromatic carbocycles. The molecule has 2 aromatic rings. The first-order valence-electron chi connectivity index (χ1n) is 4.08. The van der Waals surface area contributed by atoms with Crippen LogP contribution in [0, 0.1) is 0 Å². The summed E-state index contributed by atoms with van der Waals surface area (Å²) in [5, 5.41) is 3.83. The summed E-state index contributed by atoms with van der Waals surface area (Å²) in [5.74, 6) is 0.149. The van der Waals surface area contributed by atoms with Crippen LogP contribution in [-0.2, 0) is 7.05 Å². The molecule has 2 aromatic heterocycles. The van der Waals surface area contributed by atoms with Crippen molar-refractivity contribution >= 4 is 5.78 Å². The maximum Gasteiger partial charge on any atom is 0.231 e. The quantitative estimate of drug-likeness (QED) is 0.641. The minimum Gasteiger partial charge on any atom is -0.285 e. The molecule has 0 saturated carbocycles. The summed E-state index contributed by atoms with van der Waals surface area (Å²) in [7, 11) is 1.68. The molecule has 0 saturated heterocycles. The number of carbonyl (C=O) groups excluding carboxylic acids is 1. The molecule has 0 N–H and O–H groups in total. The van der Waals surface area contributed by atoms with Crippen molar-refractivity contribution in [3.8, 4) is 0 Å². The van der Waals surface area contributed by atoms with Gasteiger partial charge in [0.05, 0.1) is 0 Å². The molecule has 0 spiro atoms. The fourth-order valence-corrected chi connectivity index (χ4v) is 1.13. The summed E-state index contributed by atoms with van der Waals surface area (Å²) < 4.78 is 1.44. The van der Waals surface area contributed by atoms with Crippen LogP contribution in [0.3, 0.4) is 0 Å². The van der Waals surface area contributed by atoms with E-state index in [0.717, 1.165) is 0 Å². The summed E-state index contributed by atoms with van der Waals surface area (Å²) in [6.07, 6.45) is 4.48. The van der Waals surface area contributed by atoms with Crippen LogP contribution < -0.4 is 0 Å². The highest BCUT2D eigenvalue weighted by Crippen LogP contribution is 2.03. The molecular formula is C9H8N4O. The second-order valence-corrected chi connectivity index (χ2v) is 2.78. The zero-order chi connectivity index (χ0) is 9.97. The number of hydrogen-bond donors (Lipinski definition) is 0. The van der Waals surface area contributed by atoms with Gasteiger partial charge in [0.25, 0.3) is 0 Å². The highest BCUT2D eigenvalue weighted by molar-refractivity contribution is 6.06. The molecule has 70 valence electrons. The maximum atomic E-state index is 11.8. The van der Waals surface area contributed by atoms with Crippen molar-refractivity contribution < 1.29 is 4.79 Å². The van der Waals surface area contributed by atoms with Gasteiger partial charge in [0.15, 0.2) is 5.82 Å². The number of rotatable bonds is 2. The number of aromatic nitrogens is 4. The largest absolute Gasteiger partial charge is 0.285 e. The van der Waals surface area contributed by atoms with Gasteiger partial charge in [-0.3, -0.25) is 9.78 Å². The lowest BCUT2D eigenvalue weighted by Gasteiger charge is -1.98. The number of nitrogens with zero attached hydrogens (tertiary/aromatic N) is 4. The first-order chi connectivity index (χ1) is 6.79. The van der Waals surface area contributed by atoms with Crippen LogP contribution in [-0.4, -0.2) is 25.5 Å². The van der Waals surface area contributed by atoms with Crippen molar-refractivity contribution in [3.05, 3.63) is 42.2 Å². The molecule has 0 bridgehead atoms. The van der Waals surface area contributed by atoms with E-state index >= 15 is 0 Å². The van der Waals surface area contributed by atoms with Crippen LogP contribution in [0.1, 0.15) is 16.2 Å². The van der Waals surface area contributed by atoms with Gasteiger partial charge in [-0.15, -0.1) is 0 Å². The van der Waals surface area contributed by atoms with Gasteiger partial charge >= 0.3 is 0 Å². The van der Waals surface area contributed by atoms with Gasteiger partial charge in [-0.05, 0) is 12.1 Å². The van der Waals surface area contributed by atoms with E-state index in [4.69, 9.17) is 0 Å². The lowest BCUT2D eigenvalue weighted by Crippen LogP contribution is -2.09. The standard InChI is InChI=1S/C9H8N4O/c1-13-9(11-6-12-13)8(14)7-3-2-4-10-5-7/h2-6H,1H3. The van der Waals surface area contributed by atoms with Gasteiger partial charge in [-0.25, -0.2) is 9.67 Å². The lowest BCUT2D eigenvalue weighted by molar-refractivity contribution is 0.102. The second kappa shape index (κ2) is 3.37. The summed E-state index contributed by atoms with van der Waals surface area (Å²) >= 11 is 0. The van der Waals surface area contributed by atoms with Crippen molar-refractivity contribution in [2.24, 2.45) is 7.05 Å². The Morgan fingerprint density at radius 3 is 2.93 bits per heavy atom. The van der Waals surface area contributed by atoms with Gasteiger partial charge in [0.2, 0.25) is 5.78 Å². The van der Waals surface area contributed by atoms with E-state index in [9.17, 15) is 4.79 Å². The van der Waals surface area contributed by atoms with E-state index in [1.165, 1.54) is 17.2 Å². The number of hydrogen-bond acceptors (Lipinski definition) is 4. The Morgan fingerprint density at radius 1 is 1.50 bits per heavy atom. The van der Waals surface area contributed by atoms with Crippen molar-refractivity contribution in [1.29, 1.82) is 0 Å². The summed E-state index contributed by atoms with van der Waals surface area (Å²) in [6.45, 7) is 0. The van der Waals surface area contributed by atoms with Crippen molar-refractivity contribution in [1.82, 2.24) is 19.7 Å². The first kappa shape index (κ1) is 8.55. The molecule has 2 heterocycles. The minimum absolute atomic E-state index is 0.168. The third-order valence-corrected chi connectivity index (χ3v) is 1.84. The third kappa shape index (κ3) is 1.39. The van der Waals surface area contributed by atoms with E-state index < -0.39 is 0 Å². The summed E-state index contributed by atoms with van der Waals surface area (Å²) in [6, 6.07) is 3.41. The van der Waals surface area contributed by atoms with Gasteiger partial charge in [0, 0.05) is 25.0 Å². The minimum atomic E-state index is -0.168.